The Balaban J connectivity index is 2.08. The summed E-state index contributed by atoms with van der Waals surface area (Å²) in [4.78, 5) is 3.77. The third kappa shape index (κ3) is 2.60. The fourth-order valence-corrected chi connectivity index (χ4v) is 1.41. The molecule has 0 bridgehead atoms. The topological polar surface area (TPSA) is 55.6 Å². The molecule has 0 aliphatic rings. The van der Waals surface area contributed by atoms with E-state index in [4.69, 9.17) is 0 Å². The van der Waals surface area contributed by atoms with Crippen LogP contribution in [0.4, 0.5) is 4.39 Å². The molecule has 2 rings (SSSR count). The summed E-state index contributed by atoms with van der Waals surface area (Å²) < 4.78 is 14.5. The van der Waals surface area contributed by atoms with E-state index in [0.29, 0.717) is 13.1 Å². The molecular weight excluding hydrogens is 209 g/mol. The van der Waals surface area contributed by atoms with Crippen molar-refractivity contribution in [3.8, 4) is 0 Å². The Bertz CT molecular complexity index is 468. The van der Waals surface area contributed by atoms with E-state index in [1.165, 1.54) is 12.3 Å². The number of halogens is 1. The van der Waals surface area contributed by atoms with E-state index in [2.05, 4.69) is 20.6 Å². The molecule has 16 heavy (non-hydrogen) atoms. The molecule has 2 aromatic rings. The maximum absolute atomic E-state index is 12.9. The predicted octanol–water partition coefficient (Wildman–Crippen LogP) is 0.580. The van der Waals surface area contributed by atoms with Gasteiger partial charge in [0, 0.05) is 12.7 Å². The summed E-state index contributed by atoms with van der Waals surface area (Å²) in [5.41, 5.74) is 1.62. The Labute approximate surface area is 92.3 Å². The van der Waals surface area contributed by atoms with Crippen molar-refractivity contribution in [2.75, 3.05) is 7.05 Å². The molecule has 0 aliphatic carbocycles. The average molecular weight is 221 g/mol. The van der Waals surface area contributed by atoms with Gasteiger partial charge >= 0.3 is 0 Å². The van der Waals surface area contributed by atoms with Crippen molar-refractivity contribution >= 4 is 0 Å². The van der Waals surface area contributed by atoms with Gasteiger partial charge in [0.05, 0.1) is 24.6 Å². The molecule has 0 unspecified atom stereocenters. The molecule has 0 atom stereocenters. The molecule has 0 aromatic carbocycles. The van der Waals surface area contributed by atoms with E-state index in [-0.39, 0.29) is 5.82 Å². The molecule has 0 amide bonds. The predicted molar refractivity (Wildman–Crippen MR) is 56.1 cm³/mol. The Hall–Kier alpha value is -1.82. The van der Waals surface area contributed by atoms with Crippen LogP contribution in [0, 0.1) is 5.82 Å². The summed E-state index contributed by atoms with van der Waals surface area (Å²) in [7, 11) is 1.84. The van der Waals surface area contributed by atoms with Gasteiger partial charge in [-0.1, -0.05) is 5.21 Å². The zero-order chi connectivity index (χ0) is 11.4. The highest BCUT2D eigenvalue weighted by molar-refractivity contribution is 5.10. The first-order chi connectivity index (χ1) is 7.78. The molecule has 0 spiro atoms. The fraction of sp³-hybridized carbons (Fsp3) is 0.300. The summed E-state index contributed by atoms with van der Waals surface area (Å²) in [5, 5.41) is 10.9. The minimum Gasteiger partial charge on any atom is -0.314 e. The van der Waals surface area contributed by atoms with Crippen LogP contribution in [-0.2, 0) is 13.1 Å². The summed E-state index contributed by atoms with van der Waals surface area (Å²) >= 11 is 0. The average Bonchev–Trinajstić information content (AvgIpc) is 2.66. The van der Waals surface area contributed by atoms with Crippen molar-refractivity contribution in [1.82, 2.24) is 25.3 Å². The van der Waals surface area contributed by atoms with Crippen molar-refractivity contribution < 1.29 is 4.39 Å². The van der Waals surface area contributed by atoms with Crippen LogP contribution in [0.25, 0.3) is 0 Å². The molecule has 0 fully saturated rings. The molecule has 1 N–H and O–H groups in total. The summed E-state index contributed by atoms with van der Waals surface area (Å²) in [6.07, 6.45) is 4.61. The molecule has 5 nitrogen and oxygen atoms in total. The molecule has 2 aromatic heterocycles. The summed E-state index contributed by atoms with van der Waals surface area (Å²) in [6.45, 7) is 1.14. The van der Waals surface area contributed by atoms with E-state index in [1.807, 2.05) is 13.2 Å². The van der Waals surface area contributed by atoms with Gasteiger partial charge in [-0.25, -0.2) is 9.07 Å². The molecule has 2 heterocycles. The number of aromatic nitrogens is 4. The van der Waals surface area contributed by atoms with Crippen LogP contribution in [0.5, 0.6) is 0 Å². The number of pyridine rings is 1. The van der Waals surface area contributed by atoms with Gasteiger partial charge in [-0.2, -0.15) is 0 Å². The van der Waals surface area contributed by atoms with E-state index >= 15 is 0 Å². The Morgan fingerprint density at radius 1 is 1.44 bits per heavy atom. The van der Waals surface area contributed by atoms with Crippen LogP contribution in [0.15, 0.2) is 24.7 Å². The minimum absolute atomic E-state index is 0.340. The summed E-state index contributed by atoms with van der Waals surface area (Å²) in [6, 6.07) is 1.44. The maximum atomic E-state index is 12.9. The lowest BCUT2D eigenvalue weighted by molar-refractivity contribution is 0.606. The lowest BCUT2D eigenvalue weighted by atomic mass is 10.3. The Morgan fingerprint density at radius 3 is 3.06 bits per heavy atom. The zero-order valence-electron chi connectivity index (χ0n) is 8.89. The number of nitrogens with one attached hydrogen (secondary N) is 1. The third-order valence-electron chi connectivity index (χ3n) is 2.05. The monoisotopic (exact) mass is 221 g/mol. The smallest absolute Gasteiger partial charge is 0.141 e. The third-order valence-corrected chi connectivity index (χ3v) is 2.05. The van der Waals surface area contributed by atoms with Gasteiger partial charge in [0.1, 0.15) is 5.82 Å². The number of hydrogen-bond donors (Lipinski definition) is 1. The molecule has 84 valence electrons. The molecule has 0 radical (unpaired) electrons. The van der Waals surface area contributed by atoms with Gasteiger partial charge in [-0.05, 0) is 18.7 Å². The lowest BCUT2D eigenvalue weighted by Crippen LogP contribution is -2.05. The van der Waals surface area contributed by atoms with Crippen molar-refractivity contribution in [1.29, 1.82) is 0 Å². The van der Waals surface area contributed by atoms with Crippen LogP contribution in [0.1, 0.15) is 11.3 Å². The second-order valence-corrected chi connectivity index (χ2v) is 3.45. The maximum Gasteiger partial charge on any atom is 0.141 e. The fourth-order valence-electron chi connectivity index (χ4n) is 1.41. The highest BCUT2D eigenvalue weighted by Gasteiger charge is 2.01. The number of nitrogens with zero attached hydrogens (tertiary/aromatic N) is 4. The molecule has 6 heteroatoms. The zero-order valence-corrected chi connectivity index (χ0v) is 8.89. The van der Waals surface area contributed by atoms with Gasteiger partial charge in [0.15, 0.2) is 0 Å². The standard InChI is InChI=1S/C10H12FN5/c1-12-5-10-7-16(15-14-10)6-8-2-9(11)4-13-3-8/h2-4,7,12H,5-6H2,1H3. The first kappa shape index (κ1) is 10.7. The molecule has 0 aliphatic heterocycles. The van der Waals surface area contributed by atoms with Crippen LogP contribution in [0.3, 0.4) is 0 Å². The number of hydrogen-bond acceptors (Lipinski definition) is 4. The van der Waals surface area contributed by atoms with Crippen LogP contribution >= 0.6 is 0 Å². The molecular formula is C10H12FN5. The second-order valence-electron chi connectivity index (χ2n) is 3.45. The number of rotatable bonds is 4. The van der Waals surface area contributed by atoms with E-state index in [9.17, 15) is 4.39 Å². The molecule has 0 saturated heterocycles. The lowest BCUT2D eigenvalue weighted by Gasteiger charge is -1.99. The van der Waals surface area contributed by atoms with E-state index < -0.39 is 0 Å². The molecule has 0 saturated carbocycles. The Morgan fingerprint density at radius 2 is 2.31 bits per heavy atom. The largest absolute Gasteiger partial charge is 0.314 e. The first-order valence-corrected chi connectivity index (χ1v) is 4.91. The van der Waals surface area contributed by atoms with E-state index in [1.54, 1.807) is 10.9 Å². The van der Waals surface area contributed by atoms with Crippen molar-refractivity contribution in [2.24, 2.45) is 0 Å². The quantitative estimate of drug-likeness (QED) is 0.820. The SMILES string of the molecule is CNCc1cn(Cc2cncc(F)c2)nn1. The van der Waals surface area contributed by atoms with Crippen molar-refractivity contribution in [2.45, 2.75) is 13.1 Å². The van der Waals surface area contributed by atoms with E-state index in [0.717, 1.165) is 11.3 Å². The minimum atomic E-state index is -0.340. The van der Waals surface area contributed by atoms with Gasteiger partial charge < -0.3 is 5.32 Å². The highest BCUT2D eigenvalue weighted by Crippen LogP contribution is 2.03. The van der Waals surface area contributed by atoms with Crippen LogP contribution in [-0.4, -0.2) is 27.0 Å². The van der Waals surface area contributed by atoms with Crippen molar-refractivity contribution in [3.63, 3.8) is 0 Å². The van der Waals surface area contributed by atoms with Crippen molar-refractivity contribution in [3.05, 3.63) is 41.7 Å². The Kier molecular flexibility index (Phi) is 3.21. The van der Waals surface area contributed by atoms with Gasteiger partial charge in [-0.3, -0.25) is 4.98 Å². The van der Waals surface area contributed by atoms with Gasteiger partial charge in [-0.15, -0.1) is 5.10 Å². The highest BCUT2D eigenvalue weighted by atomic mass is 19.1. The van der Waals surface area contributed by atoms with Gasteiger partial charge in [0.2, 0.25) is 0 Å². The second kappa shape index (κ2) is 4.80. The normalized spacial score (nSPS) is 10.6. The van der Waals surface area contributed by atoms with Gasteiger partial charge in [0.25, 0.3) is 0 Å². The van der Waals surface area contributed by atoms with Crippen LogP contribution < -0.4 is 5.32 Å². The first-order valence-electron chi connectivity index (χ1n) is 4.91. The van der Waals surface area contributed by atoms with Crippen LogP contribution in [0.2, 0.25) is 0 Å². The summed E-state index contributed by atoms with van der Waals surface area (Å²) in [5.74, 6) is -0.340.